The number of hydrogen-bond donors (Lipinski definition) is 0. The van der Waals surface area contributed by atoms with Crippen molar-refractivity contribution in [1.29, 1.82) is 0 Å². The maximum Gasteiger partial charge on any atom is 0.216 e. The van der Waals surface area contributed by atoms with Crippen LogP contribution in [-0.2, 0) is 12.5 Å². The molecule has 2 heterocycles. The summed E-state index contributed by atoms with van der Waals surface area (Å²) in [5.41, 5.74) is 8.36. The summed E-state index contributed by atoms with van der Waals surface area (Å²) < 4.78 is 23.9. The molecule has 0 saturated carbocycles. The first-order valence-electron chi connectivity index (χ1n) is 11.3. The zero-order valence-electron chi connectivity index (χ0n) is 19.2. The highest BCUT2D eigenvalue weighted by molar-refractivity contribution is 6.13. The highest BCUT2D eigenvalue weighted by atomic mass is 19.1. The number of hydrogen-bond acceptors (Lipinski definition) is 1. The number of furan rings is 1. The predicted octanol–water partition coefficient (Wildman–Crippen LogP) is 7.50. The van der Waals surface area contributed by atoms with Gasteiger partial charge in [-0.3, -0.25) is 0 Å². The third-order valence-electron chi connectivity index (χ3n) is 6.99. The number of rotatable bonds is 2. The lowest BCUT2D eigenvalue weighted by atomic mass is 9.86. The number of aryl methyl sites for hydroxylation is 2. The smallest absolute Gasteiger partial charge is 0.216 e. The largest absolute Gasteiger partial charge is 0.454 e. The van der Waals surface area contributed by atoms with Crippen molar-refractivity contribution in [3.8, 4) is 22.4 Å². The average Bonchev–Trinajstić information content (AvgIpc) is 3.31. The Morgan fingerprint density at radius 3 is 2.42 bits per heavy atom. The van der Waals surface area contributed by atoms with Crippen LogP contribution in [-0.4, -0.2) is 0 Å². The van der Waals surface area contributed by atoms with Gasteiger partial charge >= 0.3 is 0 Å². The molecule has 2 nitrogen and oxygen atoms in total. The quantitative estimate of drug-likeness (QED) is 0.263. The number of pyridine rings is 1. The van der Waals surface area contributed by atoms with Crippen LogP contribution in [0.1, 0.15) is 30.5 Å². The van der Waals surface area contributed by atoms with Crippen molar-refractivity contribution in [3.05, 3.63) is 95.4 Å². The lowest BCUT2D eigenvalue weighted by Crippen LogP contribution is -2.30. The minimum Gasteiger partial charge on any atom is -0.454 e. The first kappa shape index (κ1) is 19.9. The van der Waals surface area contributed by atoms with E-state index in [1.54, 1.807) is 6.07 Å². The van der Waals surface area contributed by atoms with Crippen molar-refractivity contribution in [1.82, 2.24) is 0 Å². The minimum atomic E-state index is -0.272. The summed E-state index contributed by atoms with van der Waals surface area (Å²) >= 11 is 0. The number of benzene rings is 3. The summed E-state index contributed by atoms with van der Waals surface area (Å²) in [5, 5.41) is 1.93. The van der Waals surface area contributed by atoms with E-state index in [0.717, 1.165) is 44.3 Å². The summed E-state index contributed by atoms with van der Waals surface area (Å²) in [7, 11) is 2.03. The van der Waals surface area contributed by atoms with E-state index >= 15 is 4.39 Å². The number of nitrogens with zero attached hydrogens (tertiary/aromatic N) is 1. The molecule has 0 unspecified atom stereocenters. The predicted molar refractivity (Wildman–Crippen MR) is 133 cm³/mol. The van der Waals surface area contributed by atoms with Gasteiger partial charge in [-0.1, -0.05) is 50.3 Å². The van der Waals surface area contributed by atoms with E-state index < -0.39 is 0 Å². The Balaban J connectivity index is 1.66. The van der Waals surface area contributed by atoms with Crippen LogP contribution in [0.3, 0.4) is 0 Å². The van der Waals surface area contributed by atoms with Crippen molar-refractivity contribution in [2.45, 2.75) is 26.2 Å². The van der Waals surface area contributed by atoms with Crippen molar-refractivity contribution >= 4 is 28.0 Å². The van der Waals surface area contributed by atoms with E-state index in [2.05, 4.69) is 67.8 Å². The van der Waals surface area contributed by atoms with Gasteiger partial charge in [0.2, 0.25) is 5.69 Å². The van der Waals surface area contributed by atoms with Gasteiger partial charge in [0.25, 0.3) is 0 Å². The van der Waals surface area contributed by atoms with E-state index in [0.29, 0.717) is 11.1 Å². The van der Waals surface area contributed by atoms with Crippen LogP contribution >= 0.6 is 0 Å². The Kier molecular flexibility index (Phi) is 4.16. The van der Waals surface area contributed by atoms with Crippen molar-refractivity contribution in [3.63, 3.8) is 0 Å². The van der Waals surface area contributed by atoms with Crippen molar-refractivity contribution in [2.75, 3.05) is 0 Å². The molecule has 33 heavy (non-hydrogen) atoms. The molecule has 0 aliphatic heterocycles. The van der Waals surface area contributed by atoms with Crippen molar-refractivity contribution < 1.29 is 13.4 Å². The van der Waals surface area contributed by atoms with E-state index in [4.69, 9.17) is 4.42 Å². The van der Waals surface area contributed by atoms with E-state index in [1.807, 2.05) is 37.5 Å². The molecule has 1 aliphatic carbocycles. The minimum absolute atomic E-state index is 0.00455. The summed E-state index contributed by atoms with van der Waals surface area (Å²) in [6, 6.07) is 19.9. The standard InChI is InChI=1S/C30H25FNO/c1-18-8-10-21-22-11-13-24(31)27(20-9-12-23-19(17-20)14-15-30(23,2)3)29(22)33-28(21)26(18)25-7-5-6-16-32(25)4/h5-17H,1-4H3/q+1. The van der Waals surface area contributed by atoms with Gasteiger partial charge in [0.15, 0.2) is 6.20 Å². The SMILES string of the molecule is Cc1ccc2c(oc3c(-c4ccc5c(c4)C=CC5(C)C)c(F)ccc32)c1-c1cccc[n+]1C. The molecule has 1 aliphatic rings. The van der Waals surface area contributed by atoms with Gasteiger partial charge in [-0.25, -0.2) is 8.96 Å². The molecule has 0 spiro atoms. The Bertz CT molecular complexity index is 1620. The van der Waals surface area contributed by atoms with Crippen LogP contribution in [0.2, 0.25) is 0 Å². The maximum absolute atomic E-state index is 15.3. The maximum atomic E-state index is 15.3. The first-order chi connectivity index (χ1) is 15.8. The molecule has 3 heteroatoms. The zero-order valence-corrected chi connectivity index (χ0v) is 19.2. The highest BCUT2D eigenvalue weighted by Crippen LogP contribution is 2.43. The highest BCUT2D eigenvalue weighted by Gasteiger charge is 2.27. The van der Waals surface area contributed by atoms with Crippen LogP contribution in [0.15, 0.2) is 77.4 Å². The van der Waals surface area contributed by atoms with Crippen LogP contribution in [0.25, 0.3) is 50.4 Å². The molecule has 0 radical (unpaired) electrons. The number of allylic oxidation sites excluding steroid dienone is 1. The summed E-state index contributed by atoms with van der Waals surface area (Å²) in [6.07, 6.45) is 6.36. The van der Waals surface area contributed by atoms with E-state index in [9.17, 15) is 0 Å². The molecule has 2 aromatic heterocycles. The third kappa shape index (κ3) is 2.88. The number of halogens is 1. The number of fused-ring (bicyclic) bond motifs is 4. The Morgan fingerprint density at radius 1 is 0.879 bits per heavy atom. The monoisotopic (exact) mass is 434 g/mol. The van der Waals surface area contributed by atoms with Crippen LogP contribution < -0.4 is 4.57 Å². The first-order valence-corrected chi connectivity index (χ1v) is 11.3. The fourth-order valence-corrected chi connectivity index (χ4v) is 5.18. The summed E-state index contributed by atoms with van der Waals surface area (Å²) in [5.74, 6) is -0.272. The van der Waals surface area contributed by atoms with Gasteiger partial charge < -0.3 is 4.42 Å². The lowest BCUT2D eigenvalue weighted by molar-refractivity contribution is -0.660. The fourth-order valence-electron chi connectivity index (χ4n) is 5.18. The van der Waals surface area contributed by atoms with Gasteiger partial charge in [0.1, 0.15) is 24.0 Å². The van der Waals surface area contributed by atoms with Crippen LogP contribution in [0.4, 0.5) is 4.39 Å². The Labute approximate surface area is 192 Å². The molecule has 0 fully saturated rings. The van der Waals surface area contributed by atoms with Gasteiger partial charge in [-0.05, 0) is 53.4 Å². The normalized spacial score (nSPS) is 14.3. The zero-order chi connectivity index (χ0) is 22.9. The molecular formula is C30H25FNO+. The van der Waals surface area contributed by atoms with Gasteiger partial charge in [-0.15, -0.1) is 0 Å². The van der Waals surface area contributed by atoms with Gasteiger partial charge in [0, 0.05) is 28.3 Å². The molecule has 0 amide bonds. The molecule has 3 aromatic carbocycles. The molecule has 162 valence electrons. The van der Waals surface area contributed by atoms with Crippen LogP contribution in [0, 0.1) is 12.7 Å². The molecule has 0 bridgehead atoms. The fraction of sp³-hybridized carbons (Fsp3) is 0.167. The molecule has 0 atom stereocenters. The topological polar surface area (TPSA) is 17.0 Å². The molecule has 6 rings (SSSR count). The molecule has 0 saturated heterocycles. The van der Waals surface area contributed by atoms with Crippen molar-refractivity contribution in [2.24, 2.45) is 7.05 Å². The molecule has 5 aromatic rings. The second kappa shape index (κ2) is 6.89. The van der Waals surface area contributed by atoms with E-state index in [-0.39, 0.29) is 11.2 Å². The van der Waals surface area contributed by atoms with Crippen LogP contribution in [0.5, 0.6) is 0 Å². The third-order valence-corrected chi connectivity index (χ3v) is 6.99. The van der Waals surface area contributed by atoms with E-state index in [1.165, 1.54) is 5.56 Å². The second-order valence-electron chi connectivity index (χ2n) is 9.59. The lowest BCUT2D eigenvalue weighted by Gasteiger charge is -2.18. The summed E-state index contributed by atoms with van der Waals surface area (Å²) in [6.45, 7) is 6.48. The molecule has 0 N–H and O–H groups in total. The summed E-state index contributed by atoms with van der Waals surface area (Å²) in [4.78, 5) is 0. The Hall–Kier alpha value is -3.72. The number of aromatic nitrogens is 1. The van der Waals surface area contributed by atoms with Gasteiger partial charge in [-0.2, -0.15) is 0 Å². The second-order valence-corrected chi connectivity index (χ2v) is 9.59. The Morgan fingerprint density at radius 2 is 1.64 bits per heavy atom. The average molecular weight is 435 g/mol. The van der Waals surface area contributed by atoms with Gasteiger partial charge in [0.05, 0.1) is 11.1 Å². The molecular weight excluding hydrogens is 409 g/mol.